The third-order valence-corrected chi connectivity index (χ3v) is 5.15. The van der Waals surface area contributed by atoms with Crippen molar-refractivity contribution in [1.82, 2.24) is 25.3 Å². The predicted molar refractivity (Wildman–Crippen MR) is 120 cm³/mol. The Morgan fingerprint density at radius 1 is 1.23 bits per heavy atom. The Labute approximate surface area is 176 Å². The van der Waals surface area contributed by atoms with Crippen LogP contribution in [0.3, 0.4) is 0 Å². The molecule has 1 aromatic heterocycles. The van der Waals surface area contributed by atoms with E-state index in [0.29, 0.717) is 12.6 Å². The van der Waals surface area contributed by atoms with Crippen molar-refractivity contribution in [1.29, 1.82) is 0 Å². The fourth-order valence-corrected chi connectivity index (χ4v) is 3.40. The smallest absolute Gasteiger partial charge is 0.191 e. The van der Waals surface area contributed by atoms with Crippen molar-refractivity contribution in [3.05, 3.63) is 17.0 Å². The minimum Gasteiger partial charge on any atom is -0.357 e. The molecule has 6 nitrogen and oxygen atoms in total. The third-order valence-electron chi connectivity index (χ3n) is 5.15. The van der Waals surface area contributed by atoms with Gasteiger partial charge in [0.15, 0.2) is 5.96 Å². The number of hydrogen-bond acceptors (Lipinski definition) is 3. The summed E-state index contributed by atoms with van der Waals surface area (Å²) in [5, 5.41) is 11.5. The summed E-state index contributed by atoms with van der Waals surface area (Å²) in [6.07, 6.45) is 4.98. The van der Waals surface area contributed by atoms with E-state index in [1.165, 1.54) is 56.6 Å². The Morgan fingerprint density at radius 3 is 2.46 bits per heavy atom. The quantitative estimate of drug-likeness (QED) is 0.361. The fraction of sp³-hybridized carbons (Fsp3) is 0.789. The number of likely N-dealkylation sites (tertiary alicyclic amines) is 1. The van der Waals surface area contributed by atoms with E-state index in [4.69, 9.17) is 4.99 Å². The minimum atomic E-state index is 0. The molecule has 0 spiro atoms. The first-order valence-corrected chi connectivity index (χ1v) is 9.81. The average molecular weight is 476 g/mol. The topological polar surface area (TPSA) is 57.5 Å². The summed E-state index contributed by atoms with van der Waals surface area (Å²) in [7, 11) is 1.99. The Balaban J connectivity index is 0.00000338. The zero-order valence-electron chi connectivity index (χ0n) is 17.1. The molecule has 1 aliphatic heterocycles. The van der Waals surface area contributed by atoms with Crippen LogP contribution < -0.4 is 10.6 Å². The van der Waals surface area contributed by atoms with Crippen molar-refractivity contribution in [3.63, 3.8) is 0 Å². The Kier molecular flexibility index (Phi) is 10.5. The van der Waals surface area contributed by atoms with Crippen LogP contribution in [0.5, 0.6) is 0 Å². The summed E-state index contributed by atoms with van der Waals surface area (Å²) in [6, 6.07) is 0.520. The van der Waals surface area contributed by atoms with Crippen molar-refractivity contribution in [2.24, 2.45) is 12.0 Å². The van der Waals surface area contributed by atoms with Crippen molar-refractivity contribution < 1.29 is 0 Å². The number of rotatable bonds is 7. The van der Waals surface area contributed by atoms with Gasteiger partial charge in [0, 0.05) is 44.0 Å². The van der Waals surface area contributed by atoms with Gasteiger partial charge in [-0.2, -0.15) is 5.10 Å². The maximum atomic E-state index is 4.81. The van der Waals surface area contributed by atoms with Gasteiger partial charge in [0.2, 0.25) is 0 Å². The molecule has 1 aliphatic rings. The van der Waals surface area contributed by atoms with Crippen molar-refractivity contribution in [2.75, 3.05) is 26.2 Å². The lowest BCUT2D eigenvalue weighted by molar-refractivity contribution is 0.203. The highest BCUT2D eigenvalue weighted by atomic mass is 127. The van der Waals surface area contributed by atoms with Crippen LogP contribution in [0.4, 0.5) is 0 Å². The molecule has 2 N–H and O–H groups in total. The van der Waals surface area contributed by atoms with Gasteiger partial charge in [0.1, 0.15) is 0 Å². The highest BCUT2D eigenvalue weighted by molar-refractivity contribution is 14.0. The molecule has 26 heavy (non-hydrogen) atoms. The second-order valence-corrected chi connectivity index (χ2v) is 7.08. The van der Waals surface area contributed by atoms with Crippen LogP contribution in [0.25, 0.3) is 0 Å². The van der Waals surface area contributed by atoms with E-state index in [-0.39, 0.29) is 24.0 Å². The number of piperidine rings is 1. The van der Waals surface area contributed by atoms with Crippen molar-refractivity contribution in [3.8, 4) is 0 Å². The van der Waals surface area contributed by atoms with Crippen LogP contribution in [0.15, 0.2) is 4.99 Å². The number of unbranched alkanes of at least 4 members (excludes halogenated alkanes) is 1. The van der Waals surface area contributed by atoms with Gasteiger partial charge >= 0.3 is 0 Å². The van der Waals surface area contributed by atoms with E-state index in [1.807, 2.05) is 11.7 Å². The third kappa shape index (κ3) is 6.72. The first-order valence-electron chi connectivity index (χ1n) is 9.81. The van der Waals surface area contributed by atoms with Crippen molar-refractivity contribution >= 4 is 29.9 Å². The average Bonchev–Trinajstić information content (AvgIpc) is 2.84. The number of hydrogen-bond donors (Lipinski definition) is 2. The molecular weight excluding hydrogens is 439 g/mol. The lowest BCUT2D eigenvalue weighted by Gasteiger charge is -2.33. The zero-order chi connectivity index (χ0) is 18.2. The molecule has 2 heterocycles. The molecule has 2 rings (SSSR count). The maximum Gasteiger partial charge on any atom is 0.191 e. The normalized spacial score (nSPS) is 16.4. The van der Waals surface area contributed by atoms with Gasteiger partial charge in [-0.05, 0) is 46.6 Å². The van der Waals surface area contributed by atoms with Gasteiger partial charge in [0.25, 0.3) is 0 Å². The highest BCUT2D eigenvalue weighted by Gasteiger charge is 2.19. The van der Waals surface area contributed by atoms with E-state index < -0.39 is 0 Å². The van der Waals surface area contributed by atoms with Crippen LogP contribution in [-0.4, -0.2) is 52.9 Å². The van der Waals surface area contributed by atoms with Gasteiger partial charge < -0.3 is 15.5 Å². The molecule has 0 unspecified atom stereocenters. The summed E-state index contributed by atoms with van der Waals surface area (Å²) in [5.74, 6) is 0.928. The van der Waals surface area contributed by atoms with Gasteiger partial charge in [-0.1, -0.05) is 13.3 Å². The second-order valence-electron chi connectivity index (χ2n) is 7.08. The van der Waals surface area contributed by atoms with E-state index in [0.717, 1.165) is 18.2 Å². The predicted octanol–water partition coefficient (Wildman–Crippen LogP) is 2.97. The maximum absolute atomic E-state index is 4.81. The minimum absolute atomic E-state index is 0. The van der Waals surface area contributed by atoms with Crippen LogP contribution >= 0.6 is 24.0 Å². The lowest BCUT2D eigenvalue weighted by atomic mass is 10.0. The first kappa shape index (κ1) is 23.2. The van der Waals surface area contributed by atoms with Gasteiger partial charge in [-0.15, -0.1) is 24.0 Å². The molecular formula is C19H37IN6. The van der Waals surface area contributed by atoms with Crippen LogP contribution in [-0.2, 0) is 13.6 Å². The second kappa shape index (κ2) is 11.8. The molecule has 1 fully saturated rings. The van der Waals surface area contributed by atoms with E-state index in [2.05, 4.69) is 48.3 Å². The van der Waals surface area contributed by atoms with Crippen LogP contribution in [0, 0.1) is 13.8 Å². The SMILES string of the molecule is CCCCN1CCC(NC(=NCc2c(C)nn(C)c2C)NCC)CC1.I. The molecule has 1 saturated heterocycles. The Morgan fingerprint density at radius 2 is 1.92 bits per heavy atom. The summed E-state index contributed by atoms with van der Waals surface area (Å²) in [5.41, 5.74) is 3.50. The fourth-order valence-electron chi connectivity index (χ4n) is 3.40. The number of nitrogens with zero attached hydrogens (tertiary/aromatic N) is 4. The number of aliphatic imine (C=N–C) groups is 1. The van der Waals surface area contributed by atoms with E-state index in [9.17, 15) is 0 Å². The number of aryl methyl sites for hydroxylation is 2. The van der Waals surface area contributed by atoms with Gasteiger partial charge in [-0.3, -0.25) is 4.68 Å². The molecule has 150 valence electrons. The molecule has 0 atom stereocenters. The number of aromatic nitrogens is 2. The molecule has 0 aromatic carbocycles. The Hall–Kier alpha value is -0.830. The molecule has 0 bridgehead atoms. The summed E-state index contributed by atoms with van der Waals surface area (Å²) in [6.45, 7) is 13.7. The van der Waals surface area contributed by atoms with Gasteiger partial charge in [0.05, 0.1) is 12.2 Å². The standard InChI is InChI=1S/C19H36N6.HI/c1-6-8-11-25-12-9-17(10-13-25)22-19(20-7-2)21-14-18-15(3)23-24(5)16(18)4;/h17H,6-14H2,1-5H3,(H2,20,21,22);1H. The first-order chi connectivity index (χ1) is 12.0. The molecule has 0 aliphatic carbocycles. The largest absolute Gasteiger partial charge is 0.357 e. The monoisotopic (exact) mass is 476 g/mol. The molecule has 1 aromatic rings. The Bertz CT molecular complexity index is 561. The summed E-state index contributed by atoms with van der Waals surface area (Å²) >= 11 is 0. The molecule has 0 saturated carbocycles. The van der Waals surface area contributed by atoms with Crippen molar-refractivity contribution in [2.45, 2.75) is 66.0 Å². The summed E-state index contributed by atoms with van der Waals surface area (Å²) in [4.78, 5) is 7.40. The zero-order valence-corrected chi connectivity index (χ0v) is 19.5. The number of halogens is 1. The van der Waals surface area contributed by atoms with Crippen LogP contribution in [0.1, 0.15) is 56.5 Å². The summed E-state index contributed by atoms with van der Waals surface area (Å²) < 4.78 is 1.94. The van der Waals surface area contributed by atoms with E-state index >= 15 is 0 Å². The molecule has 7 heteroatoms. The van der Waals surface area contributed by atoms with Crippen LogP contribution in [0.2, 0.25) is 0 Å². The molecule has 0 radical (unpaired) electrons. The molecule has 0 amide bonds. The number of nitrogens with one attached hydrogen (secondary N) is 2. The van der Waals surface area contributed by atoms with E-state index in [1.54, 1.807) is 0 Å². The number of guanidine groups is 1. The highest BCUT2D eigenvalue weighted by Crippen LogP contribution is 2.14. The lowest BCUT2D eigenvalue weighted by Crippen LogP contribution is -2.48. The van der Waals surface area contributed by atoms with Gasteiger partial charge in [-0.25, -0.2) is 4.99 Å².